The topological polar surface area (TPSA) is 119 Å². The van der Waals surface area contributed by atoms with Gasteiger partial charge in [0.1, 0.15) is 6.61 Å². The highest BCUT2D eigenvalue weighted by Crippen LogP contribution is 2.36. The SMILES string of the molecule is CCCCC/C=C\C/C=C\CCCCCCCCCCCC(=O)O[C@H](COC(=O)CCCCCCC/C=C\C/C=C\CCCCC)COP(=O)(O)O. The minimum absolute atomic E-state index is 0.203. The van der Waals surface area contributed by atoms with Crippen molar-refractivity contribution in [3.8, 4) is 0 Å². The van der Waals surface area contributed by atoms with Gasteiger partial charge in [-0.15, -0.1) is 0 Å². The summed E-state index contributed by atoms with van der Waals surface area (Å²) in [6, 6.07) is 0. The molecule has 52 heavy (non-hydrogen) atoms. The third kappa shape index (κ3) is 40.8. The van der Waals surface area contributed by atoms with E-state index in [1.54, 1.807) is 0 Å². The largest absolute Gasteiger partial charge is 0.469 e. The summed E-state index contributed by atoms with van der Waals surface area (Å²) in [6.45, 7) is 3.62. The van der Waals surface area contributed by atoms with Crippen LogP contribution in [0.1, 0.15) is 194 Å². The number of unbranched alkanes of at least 4 members (excludes halogenated alkanes) is 20. The molecule has 0 spiro atoms. The molecule has 2 N–H and O–H groups in total. The molecule has 9 heteroatoms. The van der Waals surface area contributed by atoms with Crippen molar-refractivity contribution >= 4 is 19.8 Å². The first-order valence-electron chi connectivity index (χ1n) is 20.9. The van der Waals surface area contributed by atoms with Gasteiger partial charge in [-0.2, -0.15) is 0 Å². The zero-order valence-corrected chi connectivity index (χ0v) is 34.1. The van der Waals surface area contributed by atoms with Gasteiger partial charge in [0.25, 0.3) is 0 Å². The molecular weight excluding hydrogens is 675 g/mol. The van der Waals surface area contributed by atoms with Crippen LogP contribution in [0.2, 0.25) is 0 Å². The maximum Gasteiger partial charge on any atom is 0.469 e. The monoisotopic (exact) mass is 753 g/mol. The molecule has 0 fully saturated rings. The third-order valence-electron chi connectivity index (χ3n) is 8.82. The Labute approximate surface area is 318 Å². The lowest BCUT2D eigenvalue weighted by Gasteiger charge is -2.18. The smallest absolute Gasteiger partial charge is 0.462 e. The van der Waals surface area contributed by atoms with Gasteiger partial charge in [0.15, 0.2) is 6.10 Å². The van der Waals surface area contributed by atoms with Crippen molar-refractivity contribution < 1.29 is 37.9 Å². The molecule has 0 aromatic heterocycles. The van der Waals surface area contributed by atoms with Crippen molar-refractivity contribution in [2.45, 2.75) is 200 Å². The molecule has 0 unspecified atom stereocenters. The number of esters is 2. The van der Waals surface area contributed by atoms with E-state index < -0.39 is 32.5 Å². The molecule has 0 radical (unpaired) electrons. The normalized spacial score (nSPS) is 12.9. The van der Waals surface area contributed by atoms with Crippen LogP contribution in [-0.2, 0) is 28.2 Å². The van der Waals surface area contributed by atoms with Crippen molar-refractivity contribution in [2.24, 2.45) is 0 Å². The second kappa shape index (κ2) is 38.7. The first-order valence-corrected chi connectivity index (χ1v) is 22.5. The van der Waals surface area contributed by atoms with Crippen LogP contribution in [0.3, 0.4) is 0 Å². The molecular formula is C43H77O8P. The minimum Gasteiger partial charge on any atom is -0.462 e. The van der Waals surface area contributed by atoms with Crippen molar-refractivity contribution in [2.75, 3.05) is 13.2 Å². The van der Waals surface area contributed by atoms with E-state index in [1.807, 2.05) is 0 Å². The van der Waals surface area contributed by atoms with E-state index in [0.29, 0.717) is 12.8 Å². The summed E-state index contributed by atoms with van der Waals surface area (Å²) in [5.74, 6) is -0.905. The van der Waals surface area contributed by atoms with E-state index >= 15 is 0 Å². The Morgan fingerprint density at radius 2 is 0.865 bits per heavy atom. The van der Waals surface area contributed by atoms with Crippen molar-refractivity contribution in [1.82, 2.24) is 0 Å². The van der Waals surface area contributed by atoms with Crippen LogP contribution in [0, 0.1) is 0 Å². The molecule has 0 aromatic rings. The molecule has 0 aliphatic heterocycles. The summed E-state index contributed by atoms with van der Waals surface area (Å²) in [5, 5.41) is 0. The highest BCUT2D eigenvalue weighted by molar-refractivity contribution is 7.46. The Bertz CT molecular complexity index is 984. The molecule has 8 nitrogen and oxygen atoms in total. The molecule has 302 valence electrons. The van der Waals surface area contributed by atoms with Crippen LogP contribution in [-0.4, -0.2) is 41.0 Å². The number of rotatable bonds is 38. The first kappa shape index (κ1) is 50.0. The summed E-state index contributed by atoms with van der Waals surface area (Å²) in [7, 11) is -4.76. The minimum atomic E-state index is -4.76. The van der Waals surface area contributed by atoms with E-state index in [0.717, 1.165) is 70.6 Å². The van der Waals surface area contributed by atoms with E-state index in [4.69, 9.17) is 19.3 Å². The number of phosphoric ester groups is 1. The highest BCUT2D eigenvalue weighted by atomic mass is 31.2. The molecule has 0 amide bonds. The van der Waals surface area contributed by atoms with Crippen LogP contribution in [0.4, 0.5) is 0 Å². The zero-order valence-electron chi connectivity index (χ0n) is 33.2. The summed E-state index contributed by atoms with van der Waals surface area (Å²) in [4.78, 5) is 42.8. The predicted molar refractivity (Wildman–Crippen MR) is 216 cm³/mol. The van der Waals surface area contributed by atoms with Gasteiger partial charge in [0, 0.05) is 12.8 Å². The van der Waals surface area contributed by atoms with E-state index in [9.17, 15) is 14.2 Å². The lowest BCUT2D eigenvalue weighted by atomic mass is 10.1. The third-order valence-corrected chi connectivity index (χ3v) is 9.31. The van der Waals surface area contributed by atoms with Crippen molar-refractivity contribution in [1.29, 1.82) is 0 Å². The molecule has 0 saturated heterocycles. The van der Waals surface area contributed by atoms with Crippen LogP contribution < -0.4 is 0 Å². The van der Waals surface area contributed by atoms with Crippen LogP contribution >= 0.6 is 7.82 Å². The van der Waals surface area contributed by atoms with Crippen LogP contribution in [0.5, 0.6) is 0 Å². The standard InChI is InChI=1S/C43H77O8P/c1-3-5-7-9-11-13-15-17-19-20-21-22-24-26-28-30-32-34-36-38-43(45)51-41(40-50-52(46,47)48)39-49-42(44)37-35-33-31-29-27-25-23-18-16-14-12-10-8-6-4-2/h11-14,17-19,23,41H,3-10,15-16,20-22,24-40H2,1-2H3,(H2,46,47,48)/b13-11-,14-12-,19-17-,23-18-/t41-/m1/s1. The van der Waals surface area contributed by atoms with Gasteiger partial charge in [0.2, 0.25) is 0 Å². The summed E-state index contributed by atoms with van der Waals surface area (Å²) >= 11 is 0. The first-order chi connectivity index (χ1) is 25.3. The Morgan fingerprint density at radius 3 is 1.27 bits per heavy atom. The predicted octanol–water partition coefficient (Wildman–Crippen LogP) is 12.7. The van der Waals surface area contributed by atoms with Crippen LogP contribution in [0.25, 0.3) is 0 Å². The second-order valence-electron chi connectivity index (χ2n) is 14.0. The molecule has 1 atom stereocenters. The maximum absolute atomic E-state index is 12.4. The van der Waals surface area contributed by atoms with Crippen molar-refractivity contribution in [3.63, 3.8) is 0 Å². The van der Waals surface area contributed by atoms with E-state index in [-0.39, 0.29) is 19.4 Å². The Kier molecular flexibility index (Phi) is 37.2. The van der Waals surface area contributed by atoms with Crippen molar-refractivity contribution in [3.05, 3.63) is 48.6 Å². The second-order valence-corrected chi connectivity index (χ2v) is 15.2. The molecule has 0 bridgehead atoms. The van der Waals surface area contributed by atoms with Gasteiger partial charge in [-0.05, 0) is 77.0 Å². The molecule has 0 aromatic carbocycles. The number of carbonyl (C=O) groups excluding carboxylic acids is 2. The summed E-state index contributed by atoms with van der Waals surface area (Å²) in [6.07, 6.45) is 46.8. The number of hydrogen-bond donors (Lipinski definition) is 2. The number of phosphoric acid groups is 1. The summed E-state index contributed by atoms with van der Waals surface area (Å²) < 4.78 is 26.4. The van der Waals surface area contributed by atoms with Gasteiger partial charge in [-0.25, -0.2) is 4.57 Å². The summed E-state index contributed by atoms with van der Waals surface area (Å²) in [5.41, 5.74) is 0. The molecule has 0 aliphatic rings. The van der Waals surface area contributed by atoms with Gasteiger partial charge in [-0.3, -0.25) is 14.1 Å². The number of hydrogen-bond acceptors (Lipinski definition) is 6. The molecule has 0 aliphatic carbocycles. The lowest BCUT2D eigenvalue weighted by Crippen LogP contribution is -2.29. The van der Waals surface area contributed by atoms with E-state index in [2.05, 4.69) is 67.0 Å². The van der Waals surface area contributed by atoms with Gasteiger partial charge in [0.05, 0.1) is 6.61 Å². The van der Waals surface area contributed by atoms with Gasteiger partial charge >= 0.3 is 19.8 Å². The number of carbonyl (C=O) groups is 2. The van der Waals surface area contributed by atoms with E-state index in [1.165, 1.54) is 83.5 Å². The molecule has 0 heterocycles. The fraction of sp³-hybridized carbons (Fsp3) is 0.767. The lowest BCUT2D eigenvalue weighted by molar-refractivity contribution is -0.161. The Balaban J connectivity index is 3.94. The molecule has 0 saturated carbocycles. The highest BCUT2D eigenvalue weighted by Gasteiger charge is 2.22. The number of allylic oxidation sites excluding steroid dienone is 8. The maximum atomic E-state index is 12.4. The zero-order chi connectivity index (χ0) is 38.2. The quantitative estimate of drug-likeness (QED) is 0.0277. The van der Waals surface area contributed by atoms with Gasteiger partial charge in [-0.1, -0.05) is 152 Å². The Morgan fingerprint density at radius 1 is 0.500 bits per heavy atom. The molecule has 0 rings (SSSR count). The van der Waals surface area contributed by atoms with Crippen LogP contribution in [0.15, 0.2) is 48.6 Å². The average molecular weight is 753 g/mol. The van der Waals surface area contributed by atoms with Gasteiger partial charge < -0.3 is 19.3 Å². The number of ether oxygens (including phenoxy) is 2. The fourth-order valence-electron chi connectivity index (χ4n) is 5.67. The average Bonchev–Trinajstić information content (AvgIpc) is 3.11. The Hall–Kier alpha value is -1.99. The fourth-order valence-corrected chi connectivity index (χ4v) is 6.03.